The van der Waals surface area contributed by atoms with Crippen molar-refractivity contribution in [3.05, 3.63) is 53.6 Å². The number of carbonyl (C=O) groups excluding carboxylic acids is 1. The molecule has 0 aliphatic carbocycles. The molecule has 2 heterocycles. The molecule has 0 bridgehead atoms. The molecule has 1 N–H and O–H groups in total. The van der Waals surface area contributed by atoms with E-state index in [0.717, 1.165) is 30.0 Å². The maximum absolute atomic E-state index is 12.8. The second kappa shape index (κ2) is 7.51. The van der Waals surface area contributed by atoms with Crippen LogP contribution in [0, 0.1) is 5.92 Å². The number of nitrogens with one attached hydrogen (secondary N) is 1. The molecule has 2 aliphatic rings. The molecule has 0 aromatic heterocycles. The summed E-state index contributed by atoms with van der Waals surface area (Å²) in [6.07, 6.45) is 0.999. The largest absolute Gasteiger partial charge is 0.486 e. The van der Waals surface area contributed by atoms with E-state index in [1.54, 1.807) is 0 Å². The lowest BCUT2D eigenvalue weighted by molar-refractivity contribution is -0.120. The van der Waals surface area contributed by atoms with E-state index in [-0.39, 0.29) is 17.9 Å². The van der Waals surface area contributed by atoms with E-state index in [0.29, 0.717) is 19.8 Å². The van der Waals surface area contributed by atoms with Crippen molar-refractivity contribution in [2.24, 2.45) is 5.92 Å². The van der Waals surface area contributed by atoms with Crippen molar-refractivity contribution < 1.29 is 14.3 Å². The summed E-state index contributed by atoms with van der Waals surface area (Å²) in [6.45, 7) is 6.64. The Kier molecular flexibility index (Phi) is 4.92. The second-order valence-electron chi connectivity index (χ2n) is 7.49. The average Bonchev–Trinajstić information content (AvgIpc) is 3.08. The summed E-state index contributed by atoms with van der Waals surface area (Å²) in [5.41, 5.74) is 3.54. The van der Waals surface area contributed by atoms with E-state index in [9.17, 15) is 4.79 Å². The van der Waals surface area contributed by atoms with E-state index in [2.05, 4.69) is 42.3 Å². The molecule has 2 aliphatic heterocycles. The molecular formula is C22H26N2O3. The van der Waals surface area contributed by atoms with Crippen molar-refractivity contribution in [1.29, 1.82) is 0 Å². The third-order valence-corrected chi connectivity index (χ3v) is 5.23. The van der Waals surface area contributed by atoms with Crippen LogP contribution in [0.1, 0.15) is 31.0 Å². The monoisotopic (exact) mass is 366 g/mol. The number of ether oxygens (including phenoxy) is 2. The molecule has 1 atom stereocenters. The van der Waals surface area contributed by atoms with Gasteiger partial charge in [-0.2, -0.15) is 0 Å². The Morgan fingerprint density at radius 1 is 1.11 bits per heavy atom. The molecule has 2 aromatic carbocycles. The zero-order valence-corrected chi connectivity index (χ0v) is 15.9. The Morgan fingerprint density at radius 2 is 1.89 bits per heavy atom. The smallest absolute Gasteiger partial charge is 0.240 e. The number of nitrogens with zero attached hydrogens (tertiary/aromatic N) is 1. The minimum atomic E-state index is -0.0637. The van der Waals surface area contributed by atoms with Crippen molar-refractivity contribution in [1.82, 2.24) is 5.32 Å². The van der Waals surface area contributed by atoms with Crippen LogP contribution in [0.15, 0.2) is 42.5 Å². The van der Waals surface area contributed by atoms with Crippen LogP contribution in [0.3, 0.4) is 0 Å². The van der Waals surface area contributed by atoms with Crippen LogP contribution in [0.4, 0.5) is 5.69 Å². The summed E-state index contributed by atoms with van der Waals surface area (Å²) in [6, 6.07) is 14.2. The third-order valence-electron chi connectivity index (χ3n) is 5.23. The SMILES string of the molecule is CC(C)[C@@H](NC(=O)CN1CCc2ccccc21)c1ccc2c(c1)OCCO2. The molecule has 27 heavy (non-hydrogen) atoms. The minimum Gasteiger partial charge on any atom is -0.486 e. The molecule has 5 heteroatoms. The van der Waals surface area contributed by atoms with Gasteiger partial charge in [-0.25, -0.2) is 0 Å². The first-order valence-corrected chi connectivity index (χ1v) is 9.63. The zero-order chi connectivity index (χ0) is 18.8. The number of amides is 1. The number of fused-ring (bicyclic) bond motifs is 2. The highest BCUT2D eigenvalue weighted by atomic mass is 16.6. The van der Waals surface area contributed by atoms with Gasteiger partial charge in [0.2, 0.25) is 5.91 Å². The van der Waals surface area contributed by atoms with Crippen LogP contribution in [0.5, 0.6) is 11.5 Å². The van der Waals surface area contributed by atoms with Crippen molar-refractivity contribution >= 4 is 11.6 Å². The molecule has 5 nitrogen and oxygen atoms in total. The first kappa shape index (κ1) is 17.7. The average molecular weight is 366 g/mol. The van der Waals surface area contributed by atoms with Gasteiger partial charge in [0, 0.05) is 12.2 Å². The number of anilines is 1. The van der Waals surface area contributed by atoms with Gasteiger partial charge >= 0.3 is 0 Å². The summed E-state index contributed by atoms with van der Waals surface area (Å²) in [4.78, 5) is 14.9. The lowest BCUT2D eigenvalue weighted by Crippen LogP contribution is -2.39. The number of hydrogen-bond donors (Lipinski definition) is 1. The van der Waals surface area contributed by atoms with Gasteiger partial charge < -0.3 is 19.7 Å². The van der Waals surface area contributed by atoms with Gasteiger partial charge in [0.25, 0.3) is 0 Å². The predicted octanol–water partition coefficient (Wildman–Crippen LogP) is 3.33. The number of para-hydroxylation sites is 1. The normalized spacial score (nSPS) is 16.2. The predicted molar refractivity (Wildman–Crippen MR) is 106 cm³/mol. The van der Waals surface area contributed by atoms with Crippen LogP contribution >= 0.6 is 0 Å². The molecule has 0 unspecified atom stereocenters. The maximum Gasteiger partial charge on any atom is 0.240 e. The number of benzene rings is 2. The molecule has 0 radical (unpaired) electrons. The molecule has 2 aromatic rings. The van der Waals surface area contributed by atoms with E-state index >= 15 is 0 Å². The molecule has 0 saturated carbocycles. The van der Waals surface area contributed by atoms with E-state index < -0.39 is 0 Å². The van der Waals surface area contributed by atoms with E-state index in [1.165, 1.54) is 11.3 Å². The van der Waals surface area contributed by atoms with Crippen LogP contribution in [0.2, 0.25) is 0 Å². The molecule has 4 rings (SSSR count). The Bertz CT molecular complexity index is 834. The van der Waals surface area contributed by atoms with Gasteiger partial charge in [0.1, 0.15) is 13.2 Å². The van der Waals surface area contributed by atoms with Crippen LogP contribution < -0.4 is 19.7 Å². The number of carbonyl (C=O) groups is 1. The fraction of sp³-hybridized carbons (Fsp3) is 0.409. The molecule has 0 fully saturated rings. The van der Waals surface area contributed by atoms with Gasteiger partial charge in [-0.05, 0) is 41.7 Å². The first-order chi connectivity index (χ1) is 13.1. The minimum absolute atomic E-state index is 0.0419. The Labute approximate surface area is 160 Å². The standard InChI is InChI=1S/C22H26N2O3/c1-15(2)22(17-7-8-19-20(13-17)27-12-11-26-19)23-21(25)14-24-10-9-16-5-3-4-6-18(16)24/h3-8,13,15,22H,9-12,14H2,1-2H3,(H,23,25)/t22-/m1/s1. The van der Waals surface area contributed by atoms with Gasteiger partial charge in [0.05, 0.1) is 12.6 Å². The lowest BCUT2D eigenvalue weighted by Gasteiger charge is -2.27. The van der Waals surface area contributed by atoms with Crippen molar-refractivity contribution in [2.45, 2.75) is 26.3 Å². The van der Waals surface area contributed by atoms with Crippen molar-refractivity contribution in [3.63, 3.8) is 0 Å². The first-order valence-electron chi connectivity index (χ1n) is 9.63. The number of hydrogen-bond acceptors (Lipinski definition) is 4. The highest BCUT2D eigenvalue weighted by Crippen LogP contribution is 2.34. The molecule has 0 saturated heterocycles. The van der Waals surface area contributed by atoms with Crippen LogP contribution in [-0.2, 0) is 11.2 Å². The van der Waals surface area contributed by atoms with Crippen molar-refractivity contribution in [3.8, 4) is 11.5 Å². The van der Waals surface area contributed by atoms with Gasteiger partial charge in [-0.3, -0.25) is 4.79 Å². The van der Waals surface area contributed by atoms with E-state index in [4.69, 9.17) is 9.47 Å². The number of rotatable bonds is 5. The quantitative estimate of drug-likeness (QED) is 0.882. The van der Waals surface area contributed by atoms with Gasteiger partial charge in [-0.15, -0.1) is 0 Å². The highest BCUT2D eigenvalue weighted by Gasteiger charge is 2.24. The lowest BCUT2D eigenvalue weighted by atomic mass is 9.95. The Morgan fingerprint density at radius 3 is 2.70 bits per heavy atom. The summed E-state index contributed by atoms with van der Waals surface area (Å²) in [7, 11) is 0. The highest BCUT2D eigenvalue weighted by molar-refractivity contribution is 5.82. The fourth-order valence-electron chi connectivity index (χ4n) is 3.85. The summed E-state index contributed by atoms with van der Waals surface area (Å²) in [5, 5.41) is 3.22. The van der Waals surface area contributed by atoms with Gasteiger partial charge in [-0.1, -0.05) is 38.1 Å². The van der Waals surface area contributed by atoms with Crippen molar-refractivity contribution in [2.75, 3.05) is 31.2 Å². The molecular weight excluding hydrogens is 340 g/mol. The third kappa shape index (κ3) is 3.72. The zero-order valence-electron chi connectivity index (χ0n) is 15.9. The summed E-state index contributed by atoms with van der Waals surface area (Å²) in [5.74, 6) is 1.84. The van der Waals surface area contributed by atoms with Crippen LogP contribution in [-0.4, -0.2) is 32.2 Å². The second-order valence-corrected chi connectivity index (χ2v) is 7.49. The summed E-state index contributed by atoms with van der Waals surface area (Å²) >= 11 is 0. The van der Waals surface area contributed by atoms with Gasteiger partial charge in [0.15, 0.2) is 11.5 Å². The Balaban J connectivity index is 1.47. The van der Waals surface area contributed by atoms with E-state index in [1.807, 2.05) is 24.3 Å². The molecule has 142 valence electrons. The van der Waals surface area contributed by atoms with Crippen LogP contribution in [0.25, 0.3) is 0 Å². The molecule has 0 spiro atoms. The summed E-state index contributed by atoms with van der Waals surface area (Å²) < 4.78 is 11.3. The topological polar surface area (TPSA) is 50.8 Å². The molecule has 1 amide bonds. The fourth-order valence-corrected chi connectivity index (χ4v) is 3.85. The maximum atomic E-state index is 12.8. The Hall–Kier alpha value is -2.69.